The maximum atomic E-state index is 11.8. The molecule has 0 unspecified atom stereocenters. The van der Waals surface area contributed by atoms with Gasteiger partial charge in [-0.2, -0.15) is 5.10 Å². The highest BCUT2D eigenvalue weighted by molar-refractivity contribution is 7.80. The van der Waals surface area contributed by atoms with Gasteiger partial charge in [-0.3, -0.25) is 4.79 Å². The molecule has 2 aliphatic rings. The van der Waals surface area contributed by atoms with E-state index in [2.05, 4.69) is 12.1 Å². The van der Waals surface area contributed by atoms with Crippen molar-refractivity contribution in [2.75, 3.05) is 5.01 Å². The summed E-state index contributed by atoms with van der Waals surface area (Å²) in [4.78, 5) is 12.6. The van der Waals surface area contributed by atoms with E-state index in [0.717, 1.165) is 34.8 Å². The summed E-state index contributed by atoms with van der Waals surface area (Å²) in [5, 5.41) is 6.79. The molecule has 0 saturated heterocycles. The van der Waals surface area contributed by atoms with Gasteiger partial charge < -0.3 is 0 Å². The molecule has 3 nitrogen and oxygen atoms in total. The van der Waals surface area contributed by atoms with Gasteiger partial charge in [0.25, 0.3) is 0 Å². The maximum Gasteiger partial charge on any atom is 0.133 e. The van der Waals surface area contributed by atoms with Crippen molar-refractivity contribution in [1.82, 2.24) is 0 Å². The number of Topliss-reactive ketones (excluding diaryl/α,β-unsaturated/α-hetero) is 1. The molecule has 1 fully saturated rings. The number of hydrogen-bond acceptors (Lipinski definition) is 3. The zero-order chi connectivity index (χ0) is 16.6. The van der Waals surface area contributed by atoms with E-state index in [9.17, 15) is 4.79 Å². The average molecular weight is 334 g/mol. The molecule has 0 bridgehead atoms. The van der Waals surface area contributed by atoms with Crippen LogP contribution in [0.3, 0.4) is 0 Å². The Balaban J connectivity index is 1.82. The third-order valence-electron chi connectivity index (χ3n) is 4.96. The molecule has 4 heteroatoms. The lowest BCUT2D eigenvalue weighted by atomic mass is 9.69. The van der Waals surface area contributed by atoms with Crippen molar-refractivity contribution < 1.29 is 4.79 Å². The van der Waals surface area contributed by atoms with Crippen molar-refractivity contribution in [1.29, 1.82) is 0 Å². The van der Waals surface area contributed by atoms with Gasteiger partial charge in [0.2, 0.25) is 0 Å². The predicted molar refractivity (Wildman–Crippen MR) is 100 cm³/mol. The Morgan fingerprint density at radius 1 is 0.917 bits per heavy atom. The Morgan fingerprint density at radius 3 is 2.12 bits per heavy atom. The monoisotopic (exact) mass is 334 g/mol. The number of hydrogen-bond donors (Lipinski definition) is 0. The summed E-state index contributed by atoms with van der Waals surface area (Å²) in [6.45, 7) is 0. The van der Waals surface area contributed by atoms with Gasteiger partial charge in [-0.05, 0) is 30.5 Å². The second-order valence-corrected chi connectivity index (χ2v) is 6.77. The molecule has 0 amide bonds. The first-order valence-electron chi connectivity index (χ1n) is 8.26. The van der Waals surface area contributed by atoms with Crippen molar-refractivity contribution in [3.8, 4) is 0 Å². The molecule has 1 aliphatic carbocycles. The minimum atomic E-state index is -0.305. The first-order valence-corrected chi connectivity index (χ1v) is 8.67. The molecule has 1 heterocycles. The fourth-order valence-electron chi connectivity index (χ4n) is 3.63. The van der Waals surface area contributed by atoms with E-state index in [1.807, 2.05) is 53.5 Å². The molecular formula is C20H18N2OS. The molecular weight excluding hydrogens is 316 g/mol. The van der Waals surface area contributed by atoms with Crippen molar-refractivity contribution >= 4 is 34.4 Å². The fraction of sp³-hybridized carbons (Fsp3) is 0.250. The molecule has 2 aromatic rings. The smallest absolute Gasteiger partial charge is 0.133 e. The van der Waals surface area contributed by atoms with E-state index in [4.69, 9.17) is 17.3 Å². The number of thiocarbonyl (C=S) groups is 1. The number of ketones is 1. The molecule has 4 rings (SSSR count). The van der Waals surface area contributed by atoms with Crippen LogP contribution in [0.4, 0.5) is 5.69 Å². The largest absolute Gasteiger partial charge is 0.300 e. The zero-order valence-electron chi connectivity index (χ0n) is 13.3. The molecule has 1 saturated carbocycles. The number of benzene rings is 2. The molecule has 0 radical (unpaired) electrons. The van der Waals surface area contributed by atoms with E-state index < -0.39 is 0 Å². The zero-order valence-corrected chi connectivity index (χ0v) is 14.1. The number of carbonyl (C=O) groups is 1. The number of anilines is 1. The Labute approximate surface area is 147 Å². The highest BCUT2D eigenvalue weighted by Crippen LogP contribution is 2.45. The third-order valence-corrected chi connectivity index (χ3v) is 5.53. The van der Waals surface area contributed by atoms with Crippen LogP contribution in [0, 0.1) is 5.41 Å². The van der Waals surface area contributed by atoms with Gasteiger partial charge in [-0.25, -0.2) is 5.01 Å². The minimum absolute atomic E-state index is 0.305. The maximum absolute atomic E-state index is 11.8. The summed E-state index contributed by atoms with van der Waals surface area (Å²) in [7, 11) is 0. The van der Waals surface area contributed by atoms with Gasteiger partial charge in [0.1, 0.15) is 10.8 Å². The Kier molecular flexibility index (Phi) is 3.77. The summed E-state index contributed by atoms with van der Waals surface area (Å²) in [6, 6.07) is 20.2. The fourth-order valence-corrected chi connectivity index (χ4v) is 4.07. The summed E-state index contributed by atoms with van der Waals surface area (Å²) >= 11 is 5.87. The summed E-state index contributed by atoms with van der Waals surface area (Å²) in [6.07, 6.45) is 2.66. The van der Waals surface area contributed by atoms with E-state index in [1.54, 1.807) is 0 Å². The van der Waals surface area contributed by atoms with Gasteiger partial charge in [0.15, 0.2) is 0 Å². The van der Waals surface area contributed by atoms with Crippen LogP contribution in [0.5, 0.6) is 0 Å². The molecule has 24 heavy (non-hydrogen) atoms. The molecule has 120 valence electrons. The number of para-hydroxylation sites is 1. The van der Waals surface area contributed by atoms with Crippen LogP contribution in [0.2, 0.25) is 0 Å². The average Bonchev–Trinajstić information content (AvgIpc) is 2.92. The van der Waals surface area contributed by atoms with Crippen LogP contribution < -0.4 is 5.01 Å². The minimum Gasteiger partial charge on any atom is -0.300 e. The SMILES string of the molecule is O=C1CCC2(CC1)C(=S)N(c1ccccc1)N=C2c1ccccc1. The van der Waals surface area contributed by atoms with E-state index in [0.29, 0.717) is 18.6 Å². The summed E-state index contributed by atoms with van der Waals surface area (Å²) in [5.41, 5.74) is 2.77. The molecule has 2 aromatic carbocycles. The normalized spacial score (nSPS) is 19.7. The lowest BCUT2D eigenvalue weighted by Gasteiger charge is -2.34. The third kappa shape index (κ3) is 2.38. The first-order chi connectivity index (χ1) is 11.7. The molecule has 0 N–H and O–H groups in total. The van der Waals surface area contributed by atoms with Crippen LogP contribution in [-0.2, 0) is 4.79 Å². The number of hydrazone groups is 1. The van der Waals surface area contributed by atoms with Gasteiger partial charge in [-0.15, -0.1) is 0 Å². The number of rotatable bonds is 2. The first kappa shape index (κ1) is 15.2. The summed E-state index contributed by atoms with van der Waals surface area (Å²) < 4.78 is 0. The van der Waals surface area contributed by atoms with Gasteiger partial charge in [-0.1, -0.05) is 60.7 Å². The van der Waals surface area contributed by atoms with Crippen molar-refractivity contribution in [3.63, 3.8) is 0 Å². The van der Waals surface area contributed by atoms with Gasteiger partial charge in [0.05, 0.1) is 16.8 Å². The van der Waals surface area contributed by atoms with Crippen molar-refractivity contribution in [2.45, 2.75) is 25.7 Å². The molecule has 0 atom stereocenters. The second kappa shape index (κ2) is 5.95. The van der Waals surface area contributed by atoms with Crippen LogP contribution in [0.25, 0.3) is 0 Å². The van der Waals surface area contributed by atoms with E-state index in [1.165, 1.54) is 0 Å². The molecule has 0 aromatic heterocycles. The van der Waals surface area contributed by atoms with Crippen LogP contribution in [0.15, 0.2) is 65.8 Å². The lowest BCUT2D eigenvalue weighted by Crippen LogP contribution is -2.42. The predicted octanol–water partition coefficient (Wildman–Crippen LogP) is 4.37. The quantitative estimate of drug-likeness (QED) is 0.765. The van der Waals surface area contributed by atoms with E-state index in [-0.39, 0.29) is 5.41 Å². The molecule has 1 spiro atoms. The Morgan fingerprint density at radius 2 is 1.50 bits per heavy atom. The topological polar surface area (TPSA) is 32.7 Å². The van der Waals surface area contributed by atoms with Gasteiger partial charge >= 0.3 is 0 Å². The van der Waals surface area contributed by atoms with Crippen molar-refractivity contribution in [2.24, 2.45) is 10.5 Å². The second-order valence-electron chi connectivity index (χ2n) is 6.39. The highest BCUT2D eigenvalue weighted by Gasteiger charge is 2.50. The summed E-state index contributed by atoms with van der Waals surface area (Å²) in [5.74, 6) is 0.328. The Hall–Kier alpha value is -2.33. The van der Waals surface area contributed by atoms with Crippen LogP contribution >= 0.6 is 12.2 Å². The van der Waals surface area contributed by atoms with Crippen molar-refractivity contribution in [3.05, 3.63) is 66.2 Å². The number of carbonyl (C=O) groups excluding carboxylic acids is 1. The lowest BCUT2D eigenvalue weighted by molar-refractivity contribution is -0.120. The molecule has 1 aliphatic heterocycles. The van der Waals surface area contributed by atoms with Crippen LogP contribution in [0.1, 0.15) is 31.2 Å². The van der Waals surface area contributed by atoms with Gasteiger partial charge in [0, 0.05) is 12.8 Å². The highest BCUT2D eigenvalue weighted by atomic mass is 32.1. The van der Waals surface area contributed by atoms with Crippen LogP contribution in [-0.4, -0.2) is 16.5 Å². The standard InChI is InChI=1S/C20H18N2OS/c23-17-11-13-20(14-12-17)18(15-7-3-1-4-8-15)21-22(19(20)24)16-9-5-2-6-10-16/h1-10H,11-14H2. The Bertz CT molecular complexity index is 804. The van der Waals surface area contributed by atoms with E-state index >= 15 is 0 Å². The number of nitrogens with zero attached hydrogens (tertiary/aromatic N) is 2.